The van der Waals surface area contributed by atoms with Crippen molar-refractivity contribution in [2.24, 2.45) is 11.7 Å². The molecule has 0 aromatic heterocycles. The van der Waals surface area contributed by atoms with Crippen molar-refractivity contribution >= 4 is 5.91 Å². The molecule has 0 bridgehead atoms. The van der Waals surface area contributed by atoms with E-state index in [1.165, 1.54) is 12.1 Å². The van der Waals surface area contributed by atoms with Crippen LogP contribution in [0.25, 0.3) is 0 Å². The number of carbonyl (C=O) groups excluding carboxylic acids is 1. The minimum Gasteiger partial charge on any atom is -0.356 e. The maximum Gasteiger partial charge on any atom is 0.223 e. The summed E-state index contributed by atoms with van der Waals surface area (Å²) >= 11 is 0. The van der Waals surface area contributed by atoms with E-state index in [0.717, 1.165) is 18.4 Å². The predicted molar refractivity (Wildman–Crippen MR) is 63.8 cm³/mol. The van der Waals surface area contributed by atoms with Crippen molar-refractivity contribution in [1.29, 1.82) is 0 Å². The summed E-state index contributed by atoms with van der Waals surface area (Å²) in [6, 6.07) is 6.63. The van der Waals surface area contributed by atoms with Gasteiger partial charge in [-0.1, -0.05) is 12.1 Å². The van der Waals surface area contributed by atoms with Crippen LogP contribution in [0.3, 0.4) is 0 Å². The topological polar surface area (TPSA) is 55.1 Å². The molecule has 3 nitrogen and oxygen atoms in total. The first kappa shape index (κ1) is 12.0. The van der Waals surface area contributed by atoms with Gasteiger partial charge in [0, 0.05) is 18.5 Å². The molecule has 92 valence electrons. The first-order chi connectivity index (χ1) is 8.15. The zero-order valence-corrected chi connectivity index (χ0v) is 9.66. The average Bonchev–Trinajstić information content (AvgIpc) is 2.25. The lowest BCUT2D eigenvalue weighted by atomic mass is 9.80. The molecular formula is C13H17FN2O. The zero-order chi connectivity index (χ0) is 12.3. The number of nitrogens with one attached hydrogen (secondary N) is 1. The summed E-state index contributed by atoms with van der Waals surface area (Å²) in [6.45, 7) is 0.550. The van der Waals surface area contributed by atoms with Gasteiger partial charge in [0.2, 0.25) is 5.91 Å². The van der Waals surface area contributed by atoms with Gasteiger partial charge in [-0.15, -0.1) is 0 Å². The second kappa shape index (κ2) is 5.27. The second-order valence-electron chi connectivity index (χ2n) is 4.60. The minimum atomic E-state index is -0.237. The van der Waals surface area contributed by atoms with Crippen molar-refractivity contribution in [2.45, 2.75) is 25.3 Å². The molecule has 2 rings (SSSR count). The van der Waals surface area contributed by atoms with E-state index >= 15 is 0 Å². The quantitative estimate of drug-likeness (QED) is 0.826. The highest BCUT2D eigenvalue weighted by molar-refractivity contribution is 5.79. The molecule has 0 aliphatic heterocycles. The number of halogens is 1. The van der Waals surface area contributed by atoms with Gasteiger partial charge in [-0.05, 0) is 37.0 Å². The molecule has 0 unspecified atom stereocenters. The predicted octanol–water partition coefficient (Wildman–Crippen LogP) is 1.22. The van der Waals surface area contributed by atoms with E-state index in [-0.39, 0.29) is 23.7 Å². The number of carbonyl (C=O) groups is 1. The van der Waals surface area contributed by atoms with Crippen LogP contribution in [0, 0.1) is 11.7 Å². The molecule has 1 amide bonds. The van der Waals surface area contributed by atoms with Gasteiger partial charge < -0.3 is 11.1 Å². The molecule has 0 heterocycles. The zero-order valence-electron chi connectivity index (χ0n) is 9.66. The maximum atomic E-state index is 12.9. The number of rotatable bonds is 4. The van der Waals surface area contributed by atoms with Crippen molar-refractivity contribution < 1.29 is 9.18 Å². The maximum absolute atomic E-state index is 12.9. The lowest BCUT2D eigenvalue weighted by molar-refractivity contribution is -0.127. The molecule has 17 heavy (non-hydrogen) atoms. The van der Waals surface area contributed by atoms with Crippen LogP contribution in [0.4, 0.5) is 4.39 Å². The smallest absolute Gasteiger partial charge is 0.223 e. The molecule has 1 aliphatic carbocycles. The van der Waals surface area contributed by atoms with E-state index in [0.29, 0.717) is 13.0 Å². The molecule has 4 heteroatoms. The molecule has 1 aromatic rings. The van der Waals surface area contributed by atoms with Crippen LogP contribution in [0.2, 0.25) is 0 Å². The molecule has 1 aliphatic rings. The van der Waals surface area contributed by atoms with Gasteiger partial charge in [-0.25, -0.2) is 4.39 Å². The summed E-state index contributed by atoms with van der Waals surface area (Å²) in [4.78, 5) is 11.6. The monoisotopic (exact) mass is 236 g/mol. The standard InChI is InChI=1S/C13H17FN2O/c14-11-3-1-2-9(6-11)4-5-16-13(17)10-7-12(15)8-10/h1-3,6,10,12H,4-5,7-8,15H2,(H,16,17). The molecule has 0 radical (unpaired) electrons. The largest absolute Gasteiger partial charge is 0.356 e. The number of benzene rings is 1. The van der Waals surface area contributed by atoms with E-state index in [9.17, 15) is 9.18 Å². The minimum absolute atomic E-state index is 0.0723. The Morgan fingerprint density at radius 2 is 2.24 bits per heavy atom. The molecule has 1 fully saturated rings. The fourth-order valence-corrected chi connectivity index (χ4v) is 2.04. The first-order valence-electron chi connectivity index (χ1n) is 5.93. The third kappa shape index (κ3) is 3.27. The van der Waals surface area contributed by atoms with Crippen molar-refractivity contribution in [3.05, 3.63) is 35.6 Å². The van der Waals surface area contributed by atoms with Gasteiger partial charge >= 0.3 is 0 Å². The van der Waals surface area contributed by atoms with E-state index in [1.54, 1.807) is 6.07 Å². The van der Waals surface area contributed by atoms with Crippen LogP contribution >= 0.6 is 0 Å². The highest BCUT2D eigenvalue weighted by atomic mass is 19.1. The van der Waals surface area contributed by atoms with Gasteiger partial charge in [0.1, 0.15) is 5.82 Å². The average molecular weight is 236 g/mol. The summed E-state index contributed by atoms with van der Waals surface area (Å²) in [7, 11) is 0. The van der Waals surface area contributed by atoms with Gasteiger partial charge in [-0.3, -0.25) is 4.79 Å². The van der Waals surface area contributed by atoms with Gasteiger partial charge in [0.05, 0.1) is 0 Å². The molecule has 0 atom stereocenters. The molecule has 0 spiro atoms. The number of nitrogens with two attached hydrogens (primary N) is 1. The molecule has 0 saturated heterocycles. The summed E-state index contributed by atoms with van der Waals surface area (Å²) in [5.41, 5.74) is 6.52. The highest BCUT2D eigenvalue weighted by Crippen LogP contribution is 2.25. The Hall–Kier alpha value is -1.42. The Balaban J connectivity index is 1.71. The van der Waals surface area contributed by atoms with Crippen molar-refractivity contribution in [3.63, 3.8) is 0 Å². The van der Waals surface area contributed by atoms with Crippen molar-refractivity contribution in [2.75, 3.05) is 6.54 Å². The van der Waals surface area contributed by atoms with Crippen LogP contribution in [0.15, 0.2) is 24.3 Å². The Morgan fingerprint density at radius 1 is 1.47 bits per heavy atom. The number of hydrogen-bond donors (Lipinski definition) is 2. The molecule has 1 saturated carbocycles. The van der Waals surface area contributed by atoms with E-state index in [4.69, 9.17) is 5.73 Å². The summed E-state index contributed by atoms with van der Waals surface area (Å²) in [5, 5.41) is 2.86. The highest BCUT2D eigenvalue weighted by Gasteiger charge is 2.31. The molecule has 1 aromatic carbocycles. The molecule has 3 N–H and O–H groups in total. The van der Waals surface area contributed by atoms with Gasteiger partial charge in [0.25, 0.3) is 0 Å². The van der Waals surface area contributed by atoms with E-state index < -0.39 is 0 Å². The van der Waals surface area contributed by atoms with Crippen molar-refractivity contribution in [1.82, 2.24) is 5.32 Å². The number of amides is 1. The van der Waals surface area contributed by atoms with Gasteiger partial charge in [-0.2, -0.15) is 0 Å². The summed E-state index contributed by atoms with van der Waals surface area (Å²) in [6.07, 6.45) is 2.22. The lowest BCUT2D eigenvalue weighted by Crippen LogP contribution is -2.45. The van der Waals surface area contributed by atoms with Gasteiger partial charge in [0.15, 0.2) is 0 Å². The SMILES string of the molecule is NC1CC(C(=O)NCCc2cccc(F)c2)C1. The van der Waals surface area contributed by atoms with Crippen LogP contribution in [-0.2, 0) is 11.2 Å². The van der Waals surface area contributed by atoms with Crippen LogP contribution in [0.1, 0.15) is 18.4 Å². The van der Waals surface area contributed by atoms with E-state index in [2.05, 4.69) is 5.32 Å². The molecular weight excluding hydrogens is 219 g/mol. The lowest BCUT2D eigenvalue weighted by Gasteiger charge is -2.31. The van der Waals surface area contributed by atoms with Crippen LogP contribution in [-0.4, -0.2) is 18.5 Å². The van der Waals surface area contributed by atoms with Crippen LogP contribution < -0.4 is 11.1 Å². The Bertz CT molecular complexity index is 402. The normalized spacial score (nSPS) is 22.9. The number of hydrogen-bond acceptors (Lipinski definition) is 2. The first-order valence-corrected chi connectivity index (χ1v) is 5.93. The summed E-state index contributed by atoms with van der Waals surface area (Å²) < 4.78 is 12.9. The Kier molecular flexibility index (Phi) is 3.74. The fourth-order valence-electron chi connectivity index (χ4n) is 2.04. The van der Waals surface area contributed by atoms with Crippen LogP contribution in [0.5, 0.6) is 0 Å². The summed E-state index contributed by atoms with van der Waals surface area (Å²) in [5.74, 6) is -0.0839. The second-order valence-corrected chi connectivity index (χ2v) is 4.60. The van der Waals surface area contributed by atoms with Crippen molar-refractivity contribution in [3.8, 4) is 0 Å². The fraction of sp³-hybridized carbons (Fsp3) is 0.462. The Morgan fingerprint density at radius 3 is 2.88 bits per heavy atom. The Labute approximate surface area is 100 Å². The third-order valence-corrected chi connectivity index (χ3v) is 3.15. The van der Waals surface area contributed by atoms with E-state index in [1.807, 2.05) is 6.07 Å². The third-order valence-electron chi connectivity index (χ3n) is 3.15.